The van der Waals surface area contributed by atoms with Gasteiger partial charge in [0.15, 0.2) is 5.78 Å². The van der Waals surface area contributed by atoms with Crippen molar-refractivity contribution in [1.29, 1.82) is 1.28 Å². The molecule has 0 aliphatic heterocycles. The number of benzene rings is 2. The number of rotatable bonds is 5. The Morgan fingerprint density at radius 3 is 2.75 bits per heavy atom. The summed E-state index contributed by atoms with van der Waals surface area (Å²) in [6.07, 6.45) is 0.247. The number of ketones is 1. The lowest BCUT2D eigenvalue weighted by atomic mass is 10.0. The molecule has 0 spiro atoms. The summed E-state index contributed by atoms with van der Waals surface area (Å²) in [5.74, 6) is 0.799. The lowest BCUT2D eigenvalue weighted by Gasteiger charge is -2.05. The zero-order valence-electron chi connectivity index (χ0n) is 11.3. The Morgan fingerprint density at radius 2 is 2.10 bits per heavy atom. The van der Waals surface area contributed by atoms with Gasteiger partial charge in [-0.05, 0) is 49.9 Å². The van der Waals surface area contributed by atoms with Crippen LogP contribution in [0.1, 0.15) is 15.9 Å². The van der Waals surface area contributed by atoms with Crippen LogP contribution in [0.4, 0.5) is 0 Å². The van der Waals surface area contributed by atoms with Gasteiger partial charge in [-0.3, -0.25) is 4.79 Å². The molecule has 0 aliphatic rings. The zero-order chi connectivity index (χ0) is 15.2. The first-order valence-corrected chi connectivity index (χ1v) is 10.5. The highest BCUT2D eigenvalue weighted by molar-refractivity contribution is 14.2. The van der Waals surface area contributed by atoms with Gasteiger partial charge in [-0.1, -0.05) is 12.1 Å². The summed E-state index contributed by atoms with van der Waals surface area (Å²) >= 11 is 2.06. The van der Waals surface area contributed by atoms with Gasteiger partial charge in [0.25, 0.3) is 0 Å². The van der Waals surface area contributed by atoms with Crippen molar-refractivity contribution >= 4 is 42.5 Å². The van der Waals surface area contributed by atoms with Gasteiger partial charge in [-0.15, -0.1) is 0 Å². The highest BCUT2D eigenvalue weighted by Gasteiger charge is 2.08. The Hall–Kier alpha value is -0.910. The summed E-state index contributed by atoms with van der Waals surface area (Å²) in [5.41, 5.74) is 1.38. The van der Waals surface area contributed by atoms with Crippen molar-refractivity contribution in [2.75, 3.05) is 0 Å². The van der Waals surface area contributed by atoms with E-state index in [4.69, 9.17) is 5.46 Å². The maximum atomic E-state index is 12.2. The third-order valence-electron chi connectivity index (χ3n) is 2.62. The number of aromatic hydroxyl groups is 1. The van der Waals surface area contributed by atoms with E-state index in [0.29, 0.717) is 19.3 Å². The molecule has 2 rings (SSSR count). The van der Waals surface area contributed by atoms with Crippen LogP contribution in [0.2, 0.25) is 0 Å². The SMILES string of the molecule is [3H]P=S(I)Oc1ccc(C(=O)Cc2cccc(O)c2)cc1. The molecule has 0 heterocycles. The molecular weight excluding hydrogens is 406 g/mol. The van der Waals surface area contributed by atoms with Crippen LogP contribution in [-0.2, 0) is 13.9 Å². The standard InChI is InChI=1S/C14H12IO3PS/c15-20(19)18-13-6-4-11(5-7-13)14(17)9-10-2-1-3-12(16)8-10/h1-8,16,19H,9H2/i19T. The molecule has 6 heteroatoms. The number of halogens is 1. The van der Waals surface area contributed by atoms with Gasteiger partial charge in [-0.25, -0.2) is 0 Å². The summed E-state index contributed by atoms with van der Waals surface area (Å²) in [6, 6.07) is 13.6. The van der Waals surface area contributed by atoms with E-state index in [9.17, 15) is 9.90 Å². The van der Waals surface area contributed by atoms with Crippen molar-refractivity contribution in [2.45, 2.75) is 6.42 Å². The normalized spacial score (nSPS) is 12.8. The Balaban J connectivity index is 2.06. The molecule has 0 aliphatic carbocycles. The topological polar surface area (TPSA) is 46.5 Å². The molecule has 1 N–H and O–H groups in total. The monoisotopic (exact) mass is 420 g/mol. The molecule has 1 atom stereocenters. The van der Waals surface area contributed by atoms with E-state index in [-0.39, 0.29) is 18.0 Å². The van der Waals surface area contributed by atoms with Crippen LogP contribution in [0, 0.1) is 0 Å². The first kappa shape index (κ1) is 14.0. The van der Waals surface area contributed by atoms with E-state index < -0.39 is 7.53 Å². The van der Waals surface area contributed by atoms with Crippen LogP contribution < -0.4 is 4.18 Å². The summed E-state index contributed by atoms with van der Waals surface area (Å²) in [6.45, 7) is 0. The average molecular weight is 420 g/mol. The second-order valence-corrected chi connectivity index (χ2v) is 10.1. The van der Waals surface area contributed by atoms with E-state index in [2.05, 4.69) is 21.2 Å². The minimum absolute atomic E-state index is 0.0146. The van der Waals surface area contributed by atoms with Crippen molar-refractivity contribution in [3.05, 3.63) is 59.7 Å². The van der Waals surface area contributed by atoms with Crippen molar-refractivity contribution in [3.8, 4) is 11.5 Å². The van der Waals surface area contributed by atoms with Gasteiger partial charge >= 0.3 is 0 Å². The average Bonchev–Trinajstić information content (AvgIpc) is 2.47. The van der Waals surface area contributed by atoms with Crippen molar-refractivity contribution < 1.29 is 14.1 Å². The molecule has 2 aromatic rings. The second kappa shape index (κ2) is 7.20. The smallest absolute Gasteiger partial charge is 0.167 e. The van der Waals surface area contributed by atoms with Gasteiger partial charge in [0.2, 0.25) is 0 Å². The number of hydrogen-bond acceptors (Lipinski definition) is 3. The third kappa shape index (κ3) is 4.58. The number of phenolic OH excluding ortho intramolecular Hbond substituents is 1. The van der Waals surface area contributed by atoms with Gasteiger partial charge in [0.05, 0.1) is 7.53 Å². The molecule has 0 aromatic heterocycles. The molecule has 2 aromatic carbocycles. The summed E-state index contributed by atoms with van der Waals surface area (Å²) in [5, 5.41) is 9.40. The molecule has 0 fully saturated rings. The number of hydrogen-bond donors (Lipinski definition) is 1. The Bertz CT molecular complexity index is 676. The van der Waals surface area contributed by atoms with Crippen LogP contribution in [0.3, 0.4) is 0 Å². The molecule has 0 amide bonds. The maximum Gasteiger partial charge on any atom is 0.167 e. The lowest BCUT2D eigenvalue weighted by molar-refractivity contribution is 0.0993. The fraction of sp³-hybridized carbons (Fsp3) is 0.0714. The predicted octanol–water partition coefficient (Wildman–Crippen LogP) is 4.14. The quantitative estimate of drug-likeness (QED) is 0.450. The fourth-order valence-electron chi connectivity index (χ4n) is 1.73. The van der Waals surface area contributed by atoms with Crippen molar-refractivity contribution in [2.24, 2.45) is 0 Å². The molecule has 0 radical (unpaired) electrons. The van der Waals surface area contributed by atoms with E-state index in [1.165, 1.54) is 0 Å². The summed E-state index contributed by atoms with van der Waals surface area (Å²) in [4.78, 5) is 12.2. The molecule has 3 nitrogen and oxygen atoms in total. The largest absolute Gasteiger partial charge is 0.508 e. The Morgan fingerprint density at radius 1 is 1.35 bits per heavy atom. The highest BCUT2D eigenvalue weighted by Crippen LogP contribution is 2.18. The highest BCUT2D eigenvalue weighted by atomic mass is 127. The van der Waals surface area contributed by atoms with E-state index in [1.54, 1.807) is 42.5 Å². The number of Topliss-reactive ketones (excluding diaryl/α,β-unsaturated/α-hetero) is 1. The van der Waals surface area contributed by atoms with Crippen LogP contribution in [0.25, 0.3) is 0 Å². The molecule has 0 saturated carbocycles. The zero-order valence-corrected chi connectivity index (χ0v) is 14.2. The van der Waals surface area contributed by atoms with Gasteiger partial charge in [0, 0.05) is 33.2 Å². The first-order chi connectivity index (χ1) is 10.1. The molecule has 0 bridgehead atoms. The van der Waals surface area contributed by atoms with Crippen LogP contribution >= 0.6 is 29.2 Å². The molecule has 104 valence electrons. The lowest BCUT2D eigenvalue weighted by Crippen LogP contribution is -2.03. The second-order valence-electron chi connectivity index (χ2n) is 4.08. The van der Waals surface area contributed by atoms with Crippen molar-refractivity contribution in [1.82, 2.24) is 0 Å². The molecule has 0 saturated heterocycles. The number of phenols is 1. The minimum atomic E-state index is -0.483. The van der Waals surface area contributed by atoms with Crippen molar-refractivity contribution in [3.63, 3.8) is 0 Å². The molecule has 20 heavy (non-hydrogen) atoms. The fourth-order valence-corrected chi connectivity index (χ4v) is 2.88. The molecule has 1 unspecified atom stereocenters. The number of carbonyl (C=O) groups excluding carboxylic acids is 1. The molecular formula is C14H12IO3PS. The van der Waals surface area contributed by atoms with Crippen LogP contribution in [0.15, 0.2) is 48.5 Å². The third-order valence-corrected chi connectivity index (χ3v) is 3.71. The summed E-state index contributed by atoms with van der Waals surface area (Å²) in [7, 11) is -0.0502. The van der Waals surface area contributed by atoms with E-state index in [0.717, 1.165) is 5.56 Å². The Labute approximate surface area is 135 Å². The first-order valence-electron chi connectivity index (χ1n) is 6.18. The predicted molar refractivity (Wildman–Crippen MR) is 92.9 cm³/mol. The van der Waals surface area contributed by atoms with Crippen LogP contribution in [-0.4, -0.2) is 12.2 Å². The van der Waals surface area contributed by atoms with Gasteiger partial charge in [-0.2, -0.15) is 0 Å². The van der Waals surface area contributed by atoms with E-state index >= 15 is 0 Å². The maximum absolute atomic E-state index is 12.2. The van der Waals surface area contributed by atoms with Gasteiger partial charge in [0.1, 0.15) is 12.8 Å². The Kier molecular flexibility index (Phi) is 5.06. The number of carbonyl (C=O) groups is 1. The summed E-state index contributed by atoms with van der Waals surface area (Å²) < 4.78 is 12.7. The van der Waals surface area contributed by atoms with Crippen LogP contribution in [0.5, 0.6) is 11.5 Å². The van der Waals surface area contributed by atoms with E-state index in [1.807, 2.05) is 6.07 Å². The minimum Gasteiger partial charge on any atom is -0.508 e. The van der Waals surface area contributed by atoms with Gasteiger partial charge < -0.3 is 9.29 Å².